The second kappa shape index (κ2) is 13.2. The third-order valence-electron chi connectivity index (χ3n) is 7.09. The second-order valence-corrected chi connectivity index (χ2v) is 11.4. The fraction of sp³-hybridized carbons (Fsp3) is 0.375. The molecule has 1 saturated heterocycles. The molecule has 1 amide bonds. The van der Waals surface area contributed by atoms with E-state index in [1.807, 2.05) is 42.7 Å². The lowest BCUT2D eigenvalue weighted by Gasteiger charge is -2.27. The number of nitriles is 1. The number of nitrogens with zero attached hydrogens (tertiary/aromatic N) is 3. The van der Waals surface area contributed by atoms with Crippen LogP contribution in [0.4, 0.5) is 10.5 Å². The number of nitrogens with one attached hydrogen (secondary N) is 3. The fourth-order valence-corrected chi connectivity index (χ4v) is 5.05. The summed E-state index contributed by atoms with van der Waals surface area (Å²) < 4.78 is 23.3. The molecular formula is C32H36N6O6. The molecule has 2 atom stereocenters. The molecule has 1 unspecified atom stereocenters. The number of hydrogen-bond acceptors (Lipinski definition) is 9. The van der Waals surface area contributed by atoms with Crippen LogP contribution in [0.2, 0.25) is 0 Å². The van der Waals surface area contributed by atoms with E-state index in [4.69, 9.17) is 18.9 Å². The van der Waals surface area contributed by atoms with Crippen molar-refractivity contribution >= 4 is 28.7 Å². The van der Waals surface area contributed by atoms with Gasteiger partial charge in [-0.15, -0.1) is 0 Å². The van der Waals surface area contributed by atoms with Crippen molar-refractivity contribution in [3.05, 3.63) is 72.2 Å². The van der Waals surface area contributed by atoms with E-state index in [1.165, 1.54) is 7.11 Å². The summed E-state index contributed by atoms with van der Waals surface area (Å²) in [5.74, 6) is -0.584. The highest BCUT2D eigenvalue weighted by atomic mass is 16.7. The van der Waals surface area contributed by atoms with Crippen LogP contribution in [0.3, 0.4) is 0 Å². The summed E-state index contributed by atoms with van der Waals surface area (Å²) in [6, 6.07) is 13.6. The highest BCUT2D eigenvalue weighted by Crippen LogP contribution is 2.28. The number of carbonyl (C=O) groups excluding carboxylic acids is 2. The lowest BCUT2D eigenvalue weighted by atomic mass is 9.98. The Balaban J connectivity index is 1.42. The Labute approximate surface area is 255 Å². The predicted octanol–water partition coefficient (Wildman–Crippen LogP) is 4.63. The molecule has 2 aromatic heterocycles. The van der Waals surface area contributed by atoms with Crippen LogP contribution in [0.25, 0.3) is 22.0 Å². The lowest BCUT2D eigenvalue weighted by molar-refractivity contribution is -0.0545. The summed E-state index contributed by atoms with van der Waals surface area (Å²) >= 11 is 0. The zero-order valence-electron chi connectivity index (χ0n) is 25.1. The van der Waals surface area contributed by atoms with Crippen molar-refractivity contribution in [3.8, 4) is 17.2 Å². The molecule has 0 radical (unpaired) electrons. The Morgan fingerprint density at radius 2 is 1.95 bits per heavy atom. The van der Waals surface area contributed by atoms with Crippen molar-refractivity contribution < 1.29 is 28.5 Å². The van der Waals surface area contributed by atoms with Gasteiger partial charge in [-0.05, 0) is 56.5 Å². The van der Waals surface area contributed by atoms with E-state index in [2.05, 4.69) is 26.8 Å². The minimum atomic E-state index is -0.945. The van der Waals surface area contributed by atoms with Crippen LogP contribution in [0.15, 0.2) is 61.1 Å². The molecule has 2 aromatic carbocycles. The van der Waals surface area contributed by atoms with E-state index in [-0.39, 0.29) is 11.9 Å². The maximum Gasteiger partial charge on any atom is 0.407 e. The number of ether oxygens (including phenoxy) is 4. The Kier molecular flexibility index (Phi) is 9.18. The first-order valence-electron chi connectivity index (χ1n) is 14.3. The fourth-order valence-electron chi connectivity index (χ4n) is 5.05. The minimum absolute atomic E-state index is 0.226. The maximum absolute atomic E-state index is 12.9. The first-order valence-corrected chi connectivity index (χ1v) is 14.3. The van der Waals surface area contributed by atoms with Gasteiger partial charge in [0.25, 0.3) is 0 Å². The molecule has 0 spiro atoms. The number of esters is 1. The number of carbonyl (C=O) groups is 2. The Bertz CT molecular complexity index is 1660. The third-order valence-corrected chi connectivity index (χ3v) is 7.09. The molecule has 5 rings (SSSR count). The van der Waals surface area contributed by atoms with E-state index in [9.17, 15) is 14.9 Å². The van der Waals surface area contributed by atoms with Gasteiger partial charge >= 0.3 is 12.1 Å². The number of anilines is 1. The average molecular weight is 601 g/mol. The molecule has 12 nitrogen and oxygen atoms in total. The standard InChI is InChI=1S/C32H36N6O6/c1-32(2,3)44-31(40)37-27(14-21-16-34-25-8-6-5-7-23(21)25)28(15-33)36-26-10-9-20(13-24(26)30(39)41-4)22-17-35-38(18-22)19-29-42-11-12-43-29/h5-10,13,16-18,27-29,34,36H,11-12,14,19H2,1-4H3,(H,37,40)/t27-,28?/m0/s1. The van der Waals surface area contributed by atoms with Crippen molar-refractivity contribution in [2.24, 2.45) is 0 Å². The number of fused-ring (bicyclic) bond motifs is 1. The van der Waals surface area contributed by atoms with Crippen molar-refractivity contribution in [3.63, 3.8) is 0 Å². The maximum atomic E-state index is 12.9. The molecule has 3 heterocycles. The minimum Gasteiger partial charge on any atom is -0.465 e. The Morgan fingerprint density at radius 1 is 1.18 bits per heavy atom. The number of benzene rings is 2. The first kappa shape index (κ1) is 30.6. The monoisotopic (exact) mass is 600 g/mol. The van der Waals surface area contributed by atoms with Crippen molar-refractivity contribution in [2.45, 2.75) is 57.7 Å². The normalized spacial score (nSPS) is 15.0. The predicted molar refractivity (Wildman–Crippen MR) is 163 cm³/mol. The Hall–Kier alpha value is -4.86. The van der Waals surface area contributed by atoms with Gasteiger partial charge in [-0.1, -0.05) is 24.3 Å². The number of para-hydroxylation sites is 1. The van der Waals surface area contributed by atoms with E-state index >= 15 is 0 Å². The Morgan fingerprint density at radius 3 is 2.68 bits per heavy atom. The molecule has 0 aliphatic carbocycles. The van der Waals surface area contributed by atoms with Crippen LogP contribution in [-0.4, -0.2) is 71.1 Å². The number of methoxy groups -OCH3 is 1. The SMILES string of the molecule is COC(=O)c1cc(-c2cnn(CC3OCCO3)c2)ccc1NC(C#N)[C@H](Cc1c[nH]c2ccccc12)NC(=O)OC(C)(C)C. The molecule has 3 N–H and O–H groups in total. The number of rotatable bonds is 10. The van der Waals surface area contributed by atoms with Crippen LogP contribution >= 0.6 is 0 Å². The molecule has 1 aliphatic rings. The van der Waals surface area contributed by atoms with E-state index < -0.39 is 29.7 Å². The highest BCUT2D eigenvalue weighted by molar-refractivity contribution is 5.97. The zero-order chi connectivity index (χ0) is 31.3. The summed E-state index contributed by atoms with van der Waals surface area (Å²) in [5, 5.41) is 21.7. The molecule has 1 fully saturated rings. The molecule has 1 aliphatic heterocycles. The van der Waals surface area contributed by atoms with Crippen molar-refractivity contribution in [1.29, 1.82) is 5.26 Å². The number of alkyl carbamates (subject to hydrolysis) is 1. The average Bonchev–Trinajstić information content (AvgIpc) is 3.77. The first-order chi connectivity index (χ1) is 21.1. The molecular weight excluding hydrogens is 564 g/mol. The smallest absolute Gasteiger partial charge is 0.407 e. The van der Waals surface area contributed by atoms with Gasteiger partial charge in [0.05, 0.1) is 50.7 Å². The number of H-pyrrole nitrogens is 1. The van der Waals surface area contributed by atoms with Crippen LogP contribution in [0.1, 0.15) is 36.7 Å². The van der Waals surface area contributed by atoms with Crippen LogP contribution in [0.5, 0.6) is 0 Å². The topological polar surface area (TPSA) is 153 Å². The summed E-state index contributed by atoms with van der Waals surface area (Å²) in [6.07, 6.45) is 4.71. The summed E-state index contributed by atoms with van der Waals surface area (Å²) in [5.41, 5.74) is 3.23. The molecule has 230 valence electrons. The van der Waals surface area contributed by atoms with E-state index in [1.54, 1.807) is 43.8 Å². The number of aromatic amines is 1. The van der Waals surface area contributed by atoms with Gasteiger partial charge in [0.1, 0.15) is 11.6 Å². The van der Waals surface area contributed by atoms with Gasteiger partial charge in [-0.2, -0.15) is 10.4 Å². The zero-order valence-corrected chi connectivity index (χ0v) is 25.1. The molecule has 12 heteroatoms. The van der Waals surface area contributed by atoms with Crippen molar-refractivity contribution in [1.82, 2.24) is 20.1 Å². The largest absolute Gasteiger partial charge is 0.465 e. The molecule has 44 heavy (non-hydrogen) atoms. The number of hydrogen-bond donors (Lipinski definition) is 3. The third kappa shape index (κ3) is 7.37. The van der Waals surface area contributed by atoms with Crippen LogP contribution in [-0.2, 0) is 31.9 Å². The summed E-state index contributed by atoms with van der Waals surface area (Å²) in [7, 11) is 1.30. The van der Waals surface area contributed by atoms with Gasteiger partial charge in [0, 0.05) is 34.5 Å². The van der Waals surface area contributed by atoms with Gasteiger partial charge in [0.2, 0.25) is 0 Å². The number of aromatic nitrogens is 3. The molecule has 0 saturated carbocycles. The molecule has 4 aromatic rings. The van der Waals surface area contributed by atoms with Crippen LogP contribution in [0, 0.1) is 11.3 Å². The van der Waals surface area contributed by atoms with Crippen LogP contribution < -0.4 is 10.6 Å². The summed E-state index contributed by atoms with van der Waals surface area (Å²) in [6.45, 7) is 6.85. The van der Waals surface area contributed by atoms with Gasteiger partial charge in [0.15, 0.2) is 6.29 Å². The van der Waals surface area contributed by atoms with Gasteiger partial charge < -0.3 is 34.6 Å². The van der Waals surface area contributed by atoms with Gasteiger partial charge in [-0.25, -0.2) is 9.59 Å². The highest BCUT2D eigenvalue weighted by Gasteiger charge is 2.29. The number of amides is 1. The summed E-state index contributed by atoms with van der Waals surface area (Å²) in [4.78, 5) is 29.1. The van der Waals surface area contributed by atoms with E-state index in [0.717, 1.165) is 27.6 Å². The van der Waals surface area contributed by atoms with Gasteiger partial charge in [-0.3, -0.25) is 4.68 Å². The quantitative estimate of drug-likeness (QED) is 0.221. The van der Waals surface area contributed by atoms with Crippen molar-refractivity contribution in [2.75, 3.05) is 25.6 Å². The second-order valence-electron chi connectivity index (χ2n) is 11.4. The van der Waals surface area contributed by atoms with E-state index in [0.29, 0.717) is 31.9 Å². The molecule has 0 bridgehead atoms. The lowest BCUT2D eigenvalue weighted by Crippen LogP contribution is -2.49.